The second-order valence-electron chi connectivity index (χ2n) is 5.95. The van der Waals surface area contributed by atoms with Crippen molar-refractivity contribution in [3.05, 3.63) is 59.4 Å². The molecule has 4 aromatic rings. The number of aromatic nitrogens is 5. The first-order chi connectivity index (χ1) is 11.1. The van der Waals surface area contributed by atoms with Crippen LogP contribution in [-0.2, 0) is 5.54 Å². The van der Waals surface area contributed by atoms with Gasteiger partial charge in [-0.3, -0.25) is 4.98 Å². The molecule has 0 atom stereocenters. The van der Waals surface area contributed by atoms with Gasteiger partial charge in [0, 0.05) is 11.6 Å². The predicted octanol–water partition coefficient (Wildman–Crippen LogP) is 3.81. The molecule has 6 heteroatoms. The standard InChI is InChI=1S/C17H14ClN5/c1-17(2,12-5-6-13-11(10-12)4-3-9-19-13)23-16-14(21-22-23)7-8-15(18)20-16/h3-10H,1-2H3. The fourth-order valence-corrected chi connectivity index (χ4v) is 2.89. The van der Waals surface area contributed by atoms with Gasteiger partial charge in [0.15, 0.2) is 5.65 Å². The summed E-state index contributed by atoms with van der Waals surface area (Å²) in [6.45, 7) is 4.17. The van der Waals surface area contributed by atoms with Crippen LogP contribution < -0.4 is 0 Å². The molecular formula is C17H14ClN5. The van der Waals surface area contributed by atoms with Crippen LogP contribution in [0, 0.1) is 0 Å². The van der Waals surface area contributed by atoms with Gasteiger partial charge in [0.25, 0.3) is 0 Å². The Hall–Kier alpha value is -2.53. The van der Waals surface area contributed by atoms with Crippen LogP contribution in [0.25, 0.3) is 22.1 Å². The molecule has 0 bridgehead atoms. The highest BCUT2D eigenvalue weighted by Gasteiger charge is 2.27. The Kier molecular flexibility index (Phi) is 3.06. The Morgan fingerprint density at radius 2 is 1.87 bits per heavy atom. The van der Waals surface area contributed by atoms with Crippen molar-refractivity contribution in [2.75, 3.05) is 0 Å². The van der Waals surface area contributed by atoms with Crippen LogP contribution in [0.2, 0.25) is 5.15 Å². The van der Waals surface area contributed by atoms with Gasteiger partial charge in [0.1, 0.15) is 10.7 Å². The second kappa shape index (κ2) is 4.99. The number of hydrogen-bond acceptors (Lipinski definition) is 4. The molecule has 0 saturated heterocycles. The third kappa shape index (κ3) is 2.24. The number of fused-ring (bicyclic) bond motifs is 2. The highest BCUT2D eigenvalue weighted by molar-refractivity contribution is 6.29. The summed E-state index contributed by atoms with van der Waals surface area (Å²) in [6, 6.07) is 13.7. The molecule has 0 spiro atoms. The largest absolute Gasteiger partial charge is 0.256 e. The van der Waals surface area contributed by atoms with Gasteiger partial charge in [0.05, 0.1) is 11.1 Å². The zero-order valence-electron chi connectivity index (χ0n) is 12.7. The first-order valence-corrected chi connectivity index (χ1v) is 7.67. The van der Waals surface area contributed by atoms with Crippen LogP contribution in [0.15, 0.2) is 48.7 Å². The molecule has 3 aromatic heterocycles. The average molecular weight is 324 g/mol. The van der Waals surface area contributed by atoms with Crippen molar-refractivity contribution in [1.29, 1.82) is 0 Å². The molecule has 0 fully saturated rings. The third-order valence-electron chi connectivity index (χ3n) is 4.10. The van der Waals surface area contributed by atoms with Crippen molar-refractivity contribution < 1.29 is 0 Å². The zero-order chi connectivity index (χ0) is 16.0. The first kappa shape index (κ1) is 14.1. The van der Waals surface area contributed by atoms with Crippen molar-refractivity contribution in [2.24, 2.45) is 0 Å². The molecule has 1 aromatic carbocycles. The molecule has 0 unspecified atom stereocenters. The molecule has 3 heterocycles. The van der Waals surface area contributed by atoms with Crippen LogP contribution in [0.5, 0.6) is 0 Å². The topological polar surface area (TPSA) is 56.5 Å². The van der Waals surface area contributed by atoms with Crippen molar-refractivity contribution >= 4 is 33.7 Å². The highest BCUT2D eigenvalue weighted by Crippen LogP contribution is 2.29. The van der Waals surface area contributed by atoms with Gasteiger partial charge < -0.3 is 0 Å². The summed E-state index contributed by atoms with van der Waals surface area (Å²) in [7, 11) is 0. The normalized spacial score (nSPS) is 12.1. The Bertz CT molecular complexity index is 1020. The molecule has 114 valence electrons. The summed E-state index contributed by atoms with van der Waals surface area (Å²) in [4.78, 5) is 8.74. The van der Waals surface area contributed by atoms with Crippen molar-refractivity contribution in [2.45, 2.75) is 19.4 Å². The van der Waals surface area contributed by atoms with Crippen LogP contribution in [0.1, 0.15) is 19.4 Å². The lowest BCUT2D eigenvalue weighted by atomic mass is 9.93. The number of hydrogen-bond donors (Lipinski definition) is 0. The second-order valence-corrected chi connectivity index (χ2v) is 6.34. The molecule has 23 heavy (non-hydrogen) atoms. The Morgan fingerprint density at radius 3 is 2.74 bits per heavy atom. The molecule has 5 nitrogen and oxygen atoms in total. The molecule has 0 saturated carbocycles. The Labute approximate surface area is 137 Å². The van der Waals surface area contributed by atoms with E-state index >= 15 is 0 Å². The highest BCUT2D eigenvalue weighted by atomic mass is 35.5. The Balaban J connectivity index is 1.91. The van der Waals surface area contributed by atoms with Gasteiger partial charge in [0.2, 0.25) is 0 Å². The number of rotatable bonds is 2. The molecule has 0 aliphatic carbocycles. The minimum atomic E-state index is -0.420. The molecule has 0 aliphatic rings. The fraction of sp³-hybridized carbons (Fsp3) is 0.176. The lowest BCUT2D eigenvalue weighted by Crippen LogP contribution is -2.29. The molecular weight excluding hydrogens is 310 g/mol. The van der Waals surface area contributed by atoms with Crippen molar-refractivity contribution in [1.82, 2.24) is 25.0 Å². The maximum Gasteiger partial charge on any atom is 0.180 e. The third-order valence-corrected chi connectivity index (χ3v) is 4.31. The zero-order valence-corrected chi connectivity index (χ0v) is 13.5. The van der Waals surface area contributed by atoms with Crippen LogP contribution in [0.3, 0.4) is 0 Å². The van der Waals surface area contributed by atoms with E-state index < -0.39 is 5.54 Å². The van der Waals surface area contributed by atoms with Crippen LogP contribution in [-0.4, -0.2) is 25.0 Å². The number of halogens is 1. The molecule has 4 rings (SSSR count). The van der Waals surface area contributed by atoms with Gasteiger partial charge in [-0.2, -0.15) is 0 Å². The van der Waals surface area contributed by atoms with Crippen molar-refractivity contribution in [3.63, 3.8) is 0 Å². The summed E-state index contributed by atoms with van der Waals surface area (Å²) in [5.41, 5.74) is 3.05. The van der Waals surface area contributed by atoms with E-state index in [2.05, 4.69) is 52.3 Å². The smallest absolute Gasteiger partial charge is 0.180 e. The molecule has 0 aliphatic heterocycles. The van der Waals surface area contributed by atoms with E-state index in [-0.39, 0.29) is 0 Å². The molecule has 0 radical (unpaired) electrons. The van der Waals surface area contributed by atoms with Crippen LogP contribution >= 0.6 is 11.6 Å². The van der Waals surface area contributed by atoms with Gasteiger partial charge in [-0.25, -0.2) is 9.67 Å². The summed E-state index contributed by atoms with van der Waals surface area (Å²) < 4.78 is 1.81. The first-order valence-electron chi connectivity index (χ1n) is 7.29. The summed E-state index contributed by atoms with van der Waals surface area (Å²) in [6.07, 6.45) is 1.80. The average Bonchev–Trinajstić information content (AvgIpc) is 2.98. The SMILES string of the molecule is CC(C)(c1ccc2ncccc2c1)n1nnc2ccc(Cl)nc21. The van der Waals surface area contributed by atoms with E-state index in [0.717, 1.165) is 22.0 Å². The molecule has 0 N–H and O–H groups in total. The van der Waals surface area contributed by atoms with Gasteiger partial charge in [-0.15, -0.1) is 5.10 Å². The van der Waals surface area contributed by atoms with E-state index in [1.165, 1.54) is 0 Å². The summed E-state index contributed by atoms with van der Waals surface area (Å²) in [5, 5.41) is 10.0. The maximum atomic E-state index is 6.03. The van der Waals surface area contributed by atoms with Gasteiger partial charge in [-0.1, -0.05) is 28.9 Å². The summed E-state index contributed by atoms with van der Waals surface area (Å²) >= 11 is 6.03. The van der Waals surface area contributed by atoms with Crippen LogP contribution in [0.4, 0.5) is 0 Å². The number of nitrogens with zero attached hydrogens (tertiary/aromatic N) is 5. The van der Waals surface area contributed by atoms with Gasteiger partial charge >= 0.3 is 0 Å². The van der Waals surface area contributed by atoms with E-state index in [0.29, 0.717) is 10.8 Å². The predicted molar refractivity (Wildman–Crippen MR) is 90.5 cm³/mol. The van der Waals surface area contributed by atoms with E-state index in [9.17, 15) is 0 Å². The summed E-state index contributed by atoms with van der Waals surface area (Å²) in [5.74, 6) is 0. The monoisotopic (exact) mass is 323 g/mol. The minimum absolute atomic E-state index is 0.420. The lowest BCUT2D eigenvalue weighted by Gasteiger charge is -2.26. The van der Waals surface area contributed by atoms with Crippen molar-refractivity contribution in [3.8, 4) is 0 Å². The van der Waals surface area contributed by atoms with E-state index in [4.69, 9.17) is 11.6 Å². The maximum absolute atomic E-state index is 6.03. The fourth-order valence-electron chi connectivity index (χ4n) is 2.74. The Morgan fingerprint density at radius 1 is 1.04 bits per heavy atom. The van der Waals surface area contributed by atoms with Gasteiger partial charge in [-0.05, 0) is 49.7 Å². The molecule has 0 amide bonds. The lowest BCUT2D eigenvalue weighted by molar-refractivity contribution is 0.391. The van der Waals surface area contributed by atoms with E-state index in [1.54, 1.807) is 12.3 Å². The quantitative estimate of drug-likeness (QED) is 0.526. The number of pyridine rings is 2. The van der Waals surface area contributed by atoms with E-state index in [1.807, 2.05) is 22.9 Å². The minimum Gasteiger partial charge on any atom is -0.256 e. The number of benzene rings is 1.